The predicted molar refractivity (Wildman–Crippen MR) is 93.2 cm³/mol. The minimum atomic E-state index is -3.40. The first-order valence-electron chi connectivity index (χ1n) is 7.56. The van der Waals surface area contributed by atoms with Crippen molar-refractivity contribution >= 4 is 21.4 Å². The molecule has 2 aromatic carbocycles. The van der Waals surface area contributed by atoms with Gasteiger partial charge in [0.1, 0.15) is 5.75 Å². The summed E-state index contributed by atoms with van der Waals surface area (Å²) >= 11 is 0. The highest BCUT2D eigenvalue weighted by molar-refractivity contribution is 7.92. The molecule has 0 aliphatic carbocycles. The number of hydrogen-bond donors (Lipinski definition) is 1. The Balaban J connectivity index is 1.83. The van der Waals surface area contributed by atoms with Crippen molar-refractivity contribution in [2.75, 3.05) is 16.8 Å². The number of benzene rings is 2. The largest absolute Gasteiger partial charge is 0.325 e. The van der Waals surface area contributed by atoms with E-state index in [1.165, 1.54) is 0 Å². The van der Waals surface area contributed by atoms with Gasteiger partial charge in [0.25, 0.3) is 0 Å². The van der Waals surface area contributed by atoms with Gasteiger partial charge in [0.05, 0.1) is 5.75 Å². The zero-order chi connectivity index (χ0) is 16.7. The molecule has 0 unspecified atom stereocenters. The third kappa shape index (κ3) is 5.87. The number of nitrogens with one attached hydrogen (secondary N) is 1. The molecule has 2 rings (SSSR count). The van der Waals surface area contributed by atoms with Crippen molar-refractivity contribution in [3.8, 4) is 0 Å². The van der Waals surface area contributed by atoms with Crippen LogP contribution in [0.3, 0.4) is 0 Å². The van der Waals surface area contributed by atoms with E-state index in [9.17, 15) is 13.2 Å². The number of carbonyl (C=O) groups excluding carboxylic acids is 1. The van der Waals surface area contributed by atoms with E-state index in [0.29, 0.717) is 18.5 Å². The number of rotatable bonds is 7. The quantitative estimate of drug-likeness (QED) is 0.848. The number of amides is 1. The lowest BCUT2D eigenvalue weighted by molar-refractivity contribution is -0.113. The van der Waals surface area contributed by atoms with Crippen LogP contribution >= 0.6 is 0 Å². The van der Waals surface area contributed by atoms with Crippen LogP contribution in [0.4, 0.5) is 5.69 Å². The number of carbonyl (C=O) groups is 1. The zero-order valence-electron chi connectivity index (χ0n) is 13.2. The van der Waals surface area contributed by atoms with Gasteiger partial charge in [0.15, 0.2) is 9.84 Å². The van der Waals surface area contributed by atoms with E-state index in [0.717, 1.165) is 11.1 Å². The summed E-state index contributed by atoms with van der Waals surface area (Å²) in [6.07, 6.45) is 1.21. The molecule has 0 aliphatic heterocycles. The summed E-state index contributed by atoms with van der Waals surface area (Å²) in [6.45, 7) is 1.87. The monoisotopic (exact) mass is 331 g/mol. The molecule has 1 N–H and O–H groups in total. The van der Waals surface area contributed by atoms with Gasteiger partial charge in [-0.15, -0.1) is 0 Å². The maximum atomic E-state index is 12.0. The first-order valence-corrected chi connectivity index (χ1v) is 9.38. The fourth-order valence-corrected chi connectivity index (χ4v) is 3.51. The maximum absolute atomic E-state index is 12.0. The van der Waals surface area contributed by atoms with Crippen LogP contribution < -0.4 is 5.32 Å². The fraction of sp³-hybridized carbons (Fsp3) is 0.278. The highest BCUT2D eigenvalue weighted by atomic mass is 32.2. The normalized spacial score (nSPS) is 11.2. The van der Waals surface area contributed by atoms with Crippen LogP contribution in [0.25, 0.3) is 0 Å². The first-order chi connectivity index (χ1) is 11.0. The van der Waals surface area contributed by atoms with Crippen LogP contribution in [-0.2, 0) is 21.1 Å². The molecule has 0 atom stereocenters. The lowest BCUT2D eigenvalue weighted by Crippen LogP contribution is -2.25. The number of aryl methyl sites for hydroxylation is 2. The summed E-state index contributed by atoms with van der Waals surface area (Å²) in [5.74, 6) is -0.946. The topological polar surface area (TPSA) is 63.2 Å². The van der Waals surface area contributed by atoms with E-state index in [-0.39, 0.29) is 5.75 Å². The zero-order valence-corrected chi connectivity index (χ0v) is 14.0. The summed E-state index contributed by atoms with van der Waals surface area (Å²) in [7, 11) is -3.40. The third-order valence-corrected chi connectivity index (χ3v) is 5.15. The smallest absolute Gasteiger partial charge is 0.239 e. The molecule has 0 radical (unpaired) electrons. The lowest BCUT2D eigenvalue weighted by Gasteiger charge is -2.08. The van der Waals surface area contributed by atoms with Crippen LogP contribution in [0.5, 0.6) is 0 Å². The Bertz CT molecular complexity index is 755. The summed E-state index contributed by atoms with van der Waals surface area (Å²) in [5, 5.41) is 2.66. The highest BCUT2D eigenvalue weighted by Crippen LogP contribution is 2.13. The van der Waals surface area contributed by atoms with Crippen molar-refractivity contribution in [3.05, 3.63) is 65.7 Å². The van der Waals surface area contributed by atoms with Crippen molar-refractivity contribution in [2.24, 2.45) is 0 Å². The Morgan fingerprint density at radius 1 is 1.00 bits per heavy atom. The van der Waals surface area contributed by atoms with Gasteiger partial charge in [-0.1, -0.05) is 48.5 Å². The Morgan fingerprint density at radius 3 is 2.35 bits per heavy atom. The van der Waals surface area contributed by atoms with Crippen LogP contribution in [0.15, 0.2) is 54.6 Å². The molecular formula is C18H21NO3S. The van der Waals surface area contributed by atoms with E-state index in [1.807, 2.05) is 49.4 Å². The summed E-state index contributed by atoms with van der Waals surface area (Å²) in [5.41, 5.74) is 2.66. The van der Waals surface area contributed by atoms with E-state index >= 15 is 0 Å². The highest BCUT2D eigenvalue weighted by Gasteiger charge is 2.17. The molecule has 0 bridgehead atoms. The van der Waals surface area contributed by atoms with Gasteiger partial charge in [0, 0.05) is 5.69 Å². The van der Waals surface area contributed by atoms with Crippen LogP contribution in [0.2, 0.25) is 0 Å². The van der Waals surface area contributed by atoms with E-state index in [4.69, 9.17) is 0 Å². The average molecular weight is 331 g/mol. The Morgan fingerprint density at radius 2 is 1.65 bits per heavy atom. The number of anilines is 1. The van der Waals surface area contributed by atoms with Crippen LogP contribution in [0.1, 0.15) is 17.5 Å². The summed E-state index contributed by atoms with van der Waals surface area (Å²) in [4.78, 5) is 11.9. The molecule has 23 heavy (non-hydrogen) atoms. The first kappa shape index (κ1) is 17.2. The lowest BCUT2D eigenvalue weighted by atomic mass is 10.1. The molecule has 0 spiro atoms. The second kappa shape index (κ2) is 7.92. The molecule has 0 fully saturated rings. The SMILES string of the molecule is Cc1ccccc1NC(=O)CS(=O)(=O)CCCc1ccccc1. The third-order valence-electron chi connectivity index (χ3n) is 3.53. The standard InChI is InChI=1S/C18H21NO3S/c1-15-8-5-6-12-17(15)19-18(20)14-23(21,22)13-7-11-16-9-3-2-4-10-16/h2-6,8-10,12H,7,11,13-14H2,1H3,(H,19,20). The van der Waals surface area contributed by atoms with Crippen molar-refractivity contribution in [1.29, 1.82) is 0 Å². The predicted octanol–water partition coefficient (Wildman–Crippen LogP) is 2.98. The Kier molecular flexibility index (Phi) is 5.93. The summed E-state index contributed by atoms with van der Waals surface area (Å²) < 4.78 is 24.1. The number of hydrogen-bond acceptors (Lipinski definition) is 3. The Labute approximate surface area is 137 Å². The second-order valence-electron chi connectivity index (χ2n) is 5.54. The molecule has 0 aliphatic rings. The molecule has 0 saturated heterocycles. The molecule has 122 valence electrons. The number of sulfone groups is 1. The van der Waals surface area contributed by atoms with Crippen molar-refractivity contribution in [3.63, 3.8) is 0 Å². The molecule has 2 aromatic rings. The second-order valence-corrected chi connectivity index (χ2v) is 7.73. The van der Waals surface area contributed by atoms with Gasteiger partial charge in [-0.05, 0) is 37.0 Å². The fourth-order valence-electron chi connectivity index (χ4n) is 2.31. The summed E-state index contributed by atoms with van der Waals surface area (Å²) in [6, 6.07) is 17.0. The van der Waals surface area contributed by atoms with Crippen LogP contribution in [-0.4, -0.2) is 25.8 Å². The van der Waals surface area contributed by atoms with Crippen LogP contribution in [0, 0.1) is 6.92 Å². The van der Waals surface area contributed by atoms with Gasteiger partial charge < -0.3 is 5.32 Å². The number of para-hydroxylation sites is 1. The van der Waals surface area contributed by atoms with Gasteiger partial charge in [-0.2, -0.15) is 0 Å². The molecular weight excluding hydrogens is 310 g/mol. The minimum Gasteiger partial charge on any atom is -0.325 e. The van der Waals surface area contributed by atoms with Gasteiger partial charge in [0.2, 0.25) is 5.91 Å². The minimum absolute atomic E-state index is 0.0170. The van der Waals surface area contributed by atoms with Crippen molar-refractivity contribution in [2.45, 2.75) is 19.8 Å². The average Bonchev–Trinajstić information content (AvgIpc) is 2.50. The molecule has 4 nitrogen and oxygen atoms in total. The molecule has 5 heteroatoms. The van der Waals surface area contributed by atoms with Crippen molar-refractivity contribution < 1.29 is 13.2 Å². The van der Waals surface area contributed by atoms with E-state index < -0.39 is 21.5 Å². The maximum Gasteiger partial charge on any atom is 0.239 e. The van der Waals surface area contributed by atoms with Gasteiger partial charge in [-0.3, -0.25) is 4.79 Å². The van der Waals surface area contributed by atoms with Gasteiger partial charge in [-0.25, -0.2) is 8.42 Å². The molecule has 0 saturated carbocycles. The van der Waals surface area contributed by atoms with Crippen molar-refractivity contribution in [1.82, 2.24) is 0 Å². The Hall–Kier alpha value is -2.14. The van der Waals surface area contributed by atoms with Gasteiger partial charge >= 0.3 is 0 Å². The molecule has 1 amide bonds. The molecule has 0 heterocycles. The van der Waals surface area contributed by atoms with E-state index in [2.05, 4.69) is 5.32 Å². The van der Waals surface area contributed by atoms with E-state index in [1.54, 1.807) is 12.1 Å². The molecule has 0 aromatic heterocycles.